The molecule has 1 N–H and O–H groups in total. The van der Waals surface area contributed by atoms with E-state index in [2.05, 4.69) is 12.2 Å². The molecule has 0 radical (unpaired) electrons. The highest BCUT2D eigenvalue weighted by molar-refractivity contribution is 5.96. The highest BCUT2D eigenvalue weighted by atomic mass is 16.1. The number of carbonyl (C=O) groups is 1. The van der Waals surface area contributed by atoms with E-state index in [1.807, 2.05) is 30.3 Å². The van der Waals surface area contributed by atoms with Crippen molar-refractivity contribution in [3.8, 4) is 0 Å². The van der Waals surface area contributed by atoms with E-state index in [0.717, 1.165) is 24.4 Å². The van der Waals surface area contributed by atoms with Crippen molar-refractivity contribution in [2.45, 2.75) is 38.6 Å². The van der Waals surface area contributed by atoms with Gasteiger partial charge in [-0.15, -0.1) is 0 Å². The molecule has 1 aromatic carbocycles. The molecule has 1 aromatic rings. The fourth-order valence-electron chi connectivity index (χ4n) is 2.59. The second kappa shape index (κ2) is 5.97. The third-order valence-corrected chi connectivity index (χ3v) is 3.71. The van der Waals surface area contributed by atoms with E-state index in [1.165, 1.54) is 12.8 Å². The molecule has 2 nitrogen and oxygen atoms in total. The maximum absolute atomic E-state index is 12.1. The molecule has 1 aliphatic heterocycles. The summed E-state index contributed by atoms with van der Waals surface area (Å²) in [6.07, 6.45) is 4.28. The molecule has 0 aliphatic carbocycles. The smallest absolute Gasteiger partial charge is 0.164 e. The summed E-state index contributed by atoms with van der Waals surface area (Å²) in [7, 11) is 0. The Labute approximate surface area is 103 Å². The van der Waals surface area contributed by atoms with Gasteiger partial charge in [-0.2, -0.15) is 0 Å². The number of benzene rings is 1. The van der Waals surface area contributed by atoms with Gasteiger partial charge < -0.3 is 5.32 Å². The number of hydrogen-bond donors (Lipinski definition) is 1. The molecule has 17 heavy (non-hydrogen) atoms. The Kier molecular flexibility index (Phi) is 4.32. The first-order valence-corrected chi connectivity index (χ1v) is 6.61. The summed E-state index contributed by atoms with van der Waals surface area (Å²) >= 11 is 0. The van der Waals surface area contributed by atoms with Gasteiger partial charge in [0.25, 0.3) is 0 Å². The Morgan fingerprint density at radius 3 is 2.82 bits per heavy atom. The molecular weight excluding hydrogens is 210 g/mol. The summed E-state index contributed by atoms with van der Waals surface area (Å²) in [6, 6.07) is 9.99. The van der Waals surface area contributed by atoms with Gasteiger partial charge in [0.2, 0.25) is 0 Å². The zero-order chi connectivity index (χ0) is 12.1. The number of nitrogens with one attached hydrogen (secondary N) is 1. The molecule has 2 atom stereocenters. The fourth-order valence-corrected chi connectivity index (χ4v) is 2.59. The largest absolute Gasteiger partial charge is 0.314 e. The van der Waals surface area contributed by atoms with Crippen molar-refractivity contribution in [2.24, 2.45) is 5.92 Å². The van der Waals surface area contributed by atoms with Crippen LogP contribution in [0.2, 0.25) is 0 Å². The molecule has 1 saturated heterocycles. The molecule has 1 aliphatic rings. The average Bonchev–Trinajstić information content (AvgIpc) is 2.40. The number of carbonyl (C=O) groups excluding carboxylic acids is 1. The quantitative estimate of drug-likeness (QED) is 0.807. The van der Waals surface area contributed by atoms with Crippen LogP contribution < -0.4 is 5.32 Å². The van der Waals surface area contributed by atoms with Gasteiger partial charge in [0, 0.05) is 18.0 Å². The number of piperidine rings is 1. The van der Waals surface area contributed by atoms with Crippen LogP contribution in [0, 0.1) is 5.92 Å². The van der Waals surface area contributed by atoms with E-state index in [4.69, 9.17) is 0 Å². The molecule has 2 heteroatoms. The van der Waals surface area contributed by atoms with Gasteiger partial charge >= 0.3 is 0 Å². The van der Waals surface area contributed by atoms with Crippen LogP contribution in [0.5, 0.6) is 0 Å². The van der Waals surface area contributed by atoms with E-state index >= 15 is 0 Å². The minimum absolute atomic E-state index is 0.264. The van der Waals surface area contributed by atoms with Crippen LogP contribution >= 0.6 is 0 Å². The number of hydrogen-bond acceptors (Lipinski definition) is 2. The first kappa shape index (κ1) is 12.3. The van der Waals surface area contributed by atoms with Crippen LogP contribution in [0.1, 0.15) is 43.0 Å². The van der Waals surface area contributed by atoms with Gasteiger partial charge in [-0.3, -0.25) is 4.79 Å². The van der Waals surface area contributed by atoms with Crippen LogP contribution in [0.15, 0.2) is 30.3 Å². The molecule has 0 amide bonds. The van der Waals surface area contributed by atoms with Crippen molar-refractivity contribution in [1.29, 1.82) is 0 Å². The molecule has 2 unspecified atom stereocenters. The third kappa shape index (κ3) is 3.40. The predicted octanol–water partition coefficient (Wildman–Crippen LogP) is 3.04. The molecule has 0 saturated carbocycles. The zero-order valence-corrected chi connectivity index (χ0v) is 10.5. The Hall–Kier alpha value is -1.15. The van der Waals surface area contributed by atoms with Crippen molar-refractivity contribution in [1.82, 2.24) is 5.32 Å². The van der Waals surface area contributed by atoms with E-state index in [0.29, 0.717) is 12.5 Å². The lowest BCUT2D eigenvalue weighted by atomic mass is 9.87. The Morgan fingerprint density at radius 1 is 1.35 bits per heavy atom. The van der Waals surface area contributed by atoms with Crippen LogP contribution in [-0.4, -0.2) is 18.4 Å². The van der Waals surface area contributed by atoms with E-state index in [9.17, 15) is 4.79 Å². The summed E-state index contributed by atoms with van der Waals surface area (Å²) in [6.45, 7) is 3.30. The number of ketones is 1. The van der Waals surface area contributed by atoms with Gasteiger partial charge in [0.15, 0.2) is 5.78 Å². The Morgan fingerprint density at radius 2 is 2.12 bits per heavy atom. The van der Waals surface area contributed by atoms with Crippen LogP contribution in [0.3, 0.4) is 0 Å². The van der Waals surface area contributed by atoms with Gasteiger partial charge in [-0.25, -0.2) is 0 Å². The fraction of sp³-hybridized carbons (Fsp3) is 0.533. The lowest BCUT2D eigenvalue weighted by molar-refractivity contribution is 0.0957. The van der Waals surface area contributed by atoms with Gasteiger partial charge in [0.05, 0.1) is 0 Å². The molecule has 92 valence electrons. The third-order valence-electron chi connectivity index (χ3n) is 3.71. The van der Waals surface area contributed by atoms with Gasteiger partial charge in [-0.1, -0.05) is 43.7 Å². The topological polar surface area (TPSA) is 29.1 Å². The molecule has 0 spiro atoms. The molecular formula is C15H21NO. The summed E-state index contributed by atoms with van der Waals surface area (Å²) in [5, 5.41) is 3.46. The zero-order valence-electron chi connectivity index (χ0n) is 10.5. The predicted molar refractivity (Wildman–Crippen MR) is 70.2 cm³/mol. The van der Waals surface area contributed by atoms with Crippen molar-refractivity contribution in [3.05, 3.63) is 35.9 Å². The summed E-state index contributed by atoms with van der Waals surface area (Å²) in [4.78, 5) is 12.1. The highest BCUT2D eigenvalue weighted by Gasteiger charge is 2.22. The Balaban J connectivity index is 1.90. The molecule has 0 bridgehead atoms. The first-order chi connectivity index (χ1) is 8.29. The summed E-state index contributed by atoms with van der Waals surface area (Å²) in [5.74, 6) is 1.06. The summed E-state index contributed by atoms with van der Waals surface area (Å²) in [5.41, 5.74) is 0.841. The Bertz CT molecular complexity index is 360. The lowest BCUT2D eigenvalue weighted by Gasteiger charge is -2.29. The van der Waals surface area contributed by atoms with Crippen LogP contribution in [-0.2, 0) is 0 Å². The molecule has 2 rings (SSSR count). The maximum atomic E-state index is 12.1. The van der Waals surface area contributed by atoms with Crippen LogP contribution in [0.4, 0.5) is 0 Å². The van der Waals surface area contributed by atoms with E-state index < -0.39 is 0 Å². The standard InChI is InChI=1S/C15H21NO/c1-2-12-8-9-16-14(10-12)11-15(17)13-6-4-3-5-7-13/h3-7,12,14,16H,2,8-11H2,1H3. The van der Waals surface area contributed by atoms with Crippen LogP contribution in [0.25, 0.3) is 0 Å². The van der Waals surface area contributed by atoms with Gasteiger partial charge in [0.1, 0.15) is 0 Å². The lowest BCUT2D eigenvalue weighted by Crippen LogP contribution is -2.39. The molecule has 1 heterocycles. The highest BCUT2D eigenvalue weighted by Crippen LogP contribution is 2.21. The second-order valence-electron chi connectivity index (χ2n) is 4.94. The monoisotopic (exact) mass is 231 g/mol. The first-order valence-electron chi connectivity index (χ1n) is 6.61. The SMILES string of the molecule is CCC1CCNC(CC(=O)c2ccccc2)C1. The number of rotatable bonds is 4. The van der Waals surface area contributed by atoms with Crippen molar-refractivity contribution in [2.75, 3.05) is 6.54 Å². The summed E-state index contributed by atoms with van der Waals surface area (Å²) < 4.78 is 0. The van der Waals surface area contributed by atoms with Crippen molar-refractivity contribution >= 4 is 5.78 Å². The molecule has 1 fully saturated rings. The molecule has 0 aromatic heterocycles. The van der Waals surface area contributed by atoms with Gasteiger partial charge in [-0.05, 0) is 25.3 Å². The second-order valence-corrected chi connectivity index (χ2v) is 4.94. The van der Waals surface area contributed by atoms with Crippen molar-refractivity contribution in [3.63, 3.8) is 0 Å². The minimum Gasteiger partial charge on any atom is -0.314 e. The van der Waals surface area contributed by atoms with Crippen molar-refractivity contribution < 1.29 is 4.79 Å². The normalized spacial score (nSPS) is 24.5. The van der Waals surface area contributed by atoms with E-state index in [-0.39, 0.29) is 5.78 Å². The average molecular weight is 231 g/mol. The number of Topliss-reactive ketones (excluding diaryl/α,β-unsaturated/α-hetero) is 1. The maximum Gasteiger partial charge on any atom is 0.164 e. The van der Waals surface area contributed by atoms with E-state index in [1.54, 1.807) is 0 Å². The minimum atomic E-state index is 0.264.